The third kappa shape index (κ3) is 4.05. The molecule has 2 saturated heterocycles. The van der Waals surface area contributed by atoms with Gasteiger partial charge in [0.2, 0.25) is 0 Å². The number of rotatable bonds is 2. The summed E-state index contributed by atoms with van der Waals surface area (Å²) in [5.41, 5.74) is 1.41. The molecule has 0 aromatic carbocycles. The molecule has 2 aliphatic heterocycles. The number of pyridine rings is 1. The van der Waals surface area contributed by atoms with Gasteiger partial charge < -0.3 is 14.5 Å². The summed E-state index contributed by atoms with van der Waals surface area (Å²) in [7, 11) is 3.63. The van der Waals surface area contributed by atoms with Crippen LogP contribution in [-0.4, -0.2) is 79.2 Å². The van der Waals surface area contributed by atoms with Crippen LogP contribution in [0.2, 0.25) is 0 Å². The molecular formula is C18H28N4O2. The van der Waals surface area contributed by atoms with E-state index in [2.05, 4.69) is 16.0 Å². The van der Waals surface area contributed by atoms with E-state index in [4.69, 9.17) is 4.74 Å². The molecule has 1 aromatic rings. The number of piperidine rings is 1. The Balaban J connectivity index is 1.62. The topological polar surface area (TPSA) is 48.9 Å². The van der Waals surface area contributed by atoms with Crippen LogP contribution in [0.1, 0.15) is 18.4 Å². The van der Waals surface area contributed by atoms with Gasteiger partial charge in [-0.3, -0.25) is 9.88 Å². The monoisotopic (exact) mass is 332 g/mol. The standard InChI is InChI=1S/C18H28N4O2/c1-20(2)17(23)22-8-5-18(6-9-22)14-21(10-11-24-15-18)13-16-4-3-7-19-12-16/h3-4,7,12H,5-6,8-11,13-15H2,1-2H3. The number of ether oxygens (including phenoxy) is 1. The summed E-state index contributed by atoms with van der Waals surface area (Å²) in [6.07, 6.45) is 5.77. The summed E-state index contributed by atoms with van der Waals surface area (Å²) in [4.78, 5) is 22.5. The van der Waals surface area contributed by atoms with Gasteiger partial charge in [0.1, 0.15) is 0 Å². The number of carbonyl (C=O) groups excluding carboxylic acids is 1. The lowest BCUT2D eigenvalue weighted by atomic mass is 9.78. The second-order valence-corrected chi connectivity index (χ2v) is 7.29. The van der Waals surface area contributed by atoms with E-state index in [1.807, 2.05) is 37.5 Å². The molecule has 0 N–H and O–H groups in total. The van der Waals surface area contributed by atoms with Crippen LogP contribution < -0.4 is 0 Å². The van der Waals surface area contributed by atoms with Crippen molar-refractivity contribution < 1.29 is 9.53 Å². The molecule has 2 amide bonds. The maximum atomic E-state index is 12.1. The Hall–Kier alpha value is -1.66. The summed E-state index contributed by atoms with van der Waals surface area (Å²) >= 11 is 0. The van der Waals surface area contributed by atoms with Gasteiger partial charge in [0, 0.05) is 64.6 Å². The third-order valence-corrected chi connectivity index (χ3v) is 5.13. The molecule has 3 rings (SSSR count). The molecule has 0 atom stereocenters. The Morgan fingerprint density at radius 1 is 1.33 bits per heavy atom. The van der Waals surface area contributed by atoms with Crippen LogP contribution in [-0.2, 0) is 11.3 Å². The summed E-state index contributed by atoms with van der Waals surface area (Å²) < 4.78 is 5.93. The SMILES string of the molecule is CN(C)C(=O)N1CCC2(CC1)COCCN(Cc1cccnc1)C2. The number of aromatic nitrogens is 1. The average Bonchev–Trinajstić information content (AvgIpc) is 2.78. The van der Waals surface area contributed by atoms with Crippen molar-refractivity contribution in [2.75, 3.05) is 53.5 Å². The van der Waals surface area contributed by atoms with E-state index in [0.29, 0.717) is 0 Å². The van der Waals surface area contributed by atoms with Crippen molar-refractivity contribution in [3.63, 3.8) is 0 Å². The second-order valence-electron chi connectivity index (χ2n) is 7.29. The third-order valence-electron chi connectivity index (χ3n) is 5.13. The molecule has 24 heavy (non-hydrogen) atoms. The zero-order valence-electron chi connectivity index (χ0n) is 14.8. The number of hydrogen-bond acceptors (Lipinski definition) is 4. The van der Waals surface area contributed by atoms with Gasteiger partial charge in [-0.05, 0) is 24.5 Å². The smallest absolute Gasteiger partial charge is 0.319 e. The molecule has 0 saturated carbocycles. The molecule has 2 aliphatic rings. The molecule has 3 heterocycles. The number of nitrogens with zero attached hydrogens (tertiary/aromatic N) is 4. The molecule has 0 bridgehead atoms. The molecule has 6 heteroatoms. The van der Waals surface area contributed by atoms with E-state index in [1.165, 1.54) is 5.56 Å². The Morgan fingerprint density at radius 3 is 2.79 bits per heavy atom. The Kier molecular flexibility index (Phi) is 5.36. The Bertz CT molecular complexity index is 541. The average molecular weight is 332 g/mol. The second kappa shape index (κ2) is 7.49. The van der Waals surface area contributed by atoms with E-state index in [-0.39, 0.29) is 11.4 Å². The highest BCUT2D eigenvalue weighted by Gasteiger charge is 2.39. The molecular weight excluding hydrogens is 304 g/mol. The molecule has 1 aromatic heterocycles. The predicted octanol–water partition coefficient (Wildman–Crippen LogP) is 1.68. The molecule has 2 fully saturated rings. The fraction of sp³-hybridized carbons (Fsp3) is 0.667. The van der Waals surface area contributed by atoms with E-state index in [0.717, 1.165) is 58.8 Å². The van der Waals surface area contributed by atoms with Gasteiger partial charge in [0.15, 0.2) is 0 Å². The zero-order chi connectivity index (χ0) is 17.0. The van der Waals surface area contributed by atoms with Gasteiger partial charge in [0.05, 0.1) is 13.2 Å². The van der Waals surface area contributed by atoms with E-state index >= 15 is 0 Å². The highest BCUT2D eigenvalue weighted by molar-refractivity contribution is 5.73. The van der Waals surface area contributed by atoms with Crippen molar-refractivity contribution in [2.24, 2.45) is 5.41 Å². The van der Waals surface area contributed by atoms with Gasteiger partial charge in [0.25, 0.3) is 0 Å². The lowest BCUT2D eigenvalue weighted by Gasteiger charge is -2.43. The first-order valence-electron chi connectivity index (χ1n) is 8.73. The molecule has 0 radical (unpaired) electrons. The van der Waals surface area contributed by atoms with Crippen LogP contribution in [0.4, 0.5) is 4.79 Å². The fourth-order valence-electron chi connectivity index (χ4n) is 3.72. The van der Waals surface area contributed by atoms with Gasteiger partial charge in [-0.25, -0.2) is 4.79 Å². The molecule has 0 unspecified atom stereocenters. The van der Waals surface area contributed by atoms with Crippen LogP contribution in [0.3, 0.4) is 0 Å². The number of likely N-dealkylation sites (tertiary alicyclic amines) is 1. The zero-order valence-corrected chi connectivity index (χ0v) is 14.8. The quantitative estimate of drug-likeness (QED) is 0.827. The first-order chi connectivity index (χ1) is 11.6. The highest BCUT2D eigenvalue weighted by Crippen LogP contribution is 2.35. The van der Waals surface area contributed by atoms with Crippen molar-refractivity contribution in [3.05, 3.63) is 30.1 Å². The number of urea groups is 1. The highest BCUT2D eigenvalue weighted by atomic mass is 16.5. The van der Waals surface area contributed by atoms with Crippen molar-refractivity contribution in [1.82, 2.24) is 19.7 Å². The minimum Gasteiger partial charge on any atom is -0.379 e. The lowest BCUT2D eigenvalue weighted by Crippen LogP contribution is -2.50. The van der Waals surface area contributed by atoms with Crippen LogP contribution in [0, 0.1) is 5.41 Å². The maximum Gasteiger partial charge on any atom is 0.319 e. The van der Waals surface area contributed by atoms with Crippen molar-refractivity contribution in [2.45, 2.75) is 19.4 Å². The summed E-state index contributed by atoms with van der Waals surface area (Å²) in [5.74, 6) is 0. The predicted molar refractivity (Wildman–Crippen MR) is 92.7 cm³/mol. The Labute approximate surface area is 144 Å². The van der Waals surface area contributed by atoms with Crippen molar-refractivity contribution in [3.8, 4) is 0 Å². The van der Waals surface area contributed by atoms with Crippen LogP contribution in [0.15, 0.2) is 24.5 Å². The van der Waals surface area contributed by atoms with Crippen LogP contribution in [0.25, 0.3) is 0 Å². The Morgan fingerprint density at radius 2 is 2.12 bits per heavy atom. The van der Waals surface area contributed by atoms with Gasteiger partial charge >= 0.3 is 6.03 Å². The number of hydrogen-bond donors (Lipinski definition) is 0. The van der Waals surface area contributed by atoms with Gasteiger partial charge in [-0.2, -0.15) is 0 Å². The summed E-state index contributed by atoms with van der Waals surface area (Å²) in [6.45, 7) is 6.13. The first-order valence-corrected chi connectivity index (χ1v) is 8.73. The van der Waals surface area contributed by atoms with Crippen molar-refractivity contribution >= 4 is 6.03 Å². The normalized spacial score (nSPS) is 21.5. The number of amides is 2. The summed E-state index contributed by atoms with van der Waals surface area (Å²) in [6, 6.07) is 4.24. The fourth-order valence-corrected chi connectivity index (χ4v) is 3.72. The molecule has 1 spiro atoms. The van der Waals surface area contributed by atoms with Crippen LogP contribution in [0.5, 0.6) is 0 Å². The van der Waals surface area contributed by atoms with Crippen molar-refractivity contribution in [1.29, 1.82) is 0 Å². The largest absolute Gasteiger partial charge is 0.379 e. The molecule has 6 nitrogen and oxygen atoms in total. The lowest BCUT2D eigenvalue weighted by molar-refractivity contribution is 0.0204. The number of carbonyl (C=O) groups is 1. The van der Waals surface area contributed by atoms with E-state index < -0.39 is 0 Å². The van der Waals surface area contributed by atoms with Gasteiger partial charge in [-0.15, -0.1) is 0 Å². The molecule has 132 valence electrons. The summed E-state index contributed by atoms with van der Waals surface area (Å²) in [5, 5.41) is 0. The van der Waals surface area contributed by atoms with E-state index in [9.17, 15) is 4.79 Å². The minimum absolute atomic E-state index is 0.117. The van der Waals surface area contributed by atoms with Crippen LogP contribution >= 0.6 is 0 Å². The molecule has 0 aliphatic carbocycles. The minimum atomic E-state index is 0.117. The maximum absolute atomic E-state index is 12.1. The van der Waals surface area contributed by atoms with Gasteiger partial charge in [-0.1, -0.05) is 6.07 Å². The first kappa shape index (κ1) is 17.2. The van der Waals surface area contributed by atoms with E-state index in [1.54, 1.807) is 4.90 Å².